The summed E-state index contributed by atoms with van der Waals surface area (Å²) in [6.45, 7) is 17.9. The minimum absolute atomic E-state index is 0. The minimum Gasteiger partial charge on any atom is -0.501 e. The van der Waals surface area contributed by atoms with Gasteiger partial charge in [0.05, 0.1) is 20.8 Å². The molecule has 0 aliphatic carbocycles. The number of thiazole rings is 1. The molecule has 0 aliphatic heterocycles. The molecule has 0 saturated carbocycles. The molecule has 0 bridgehead atoms. The summed E-state index contributed by atoms with van der Waals surface area (Å²) in [7, 11) is 0. The molecule has 6 heteroatoms. The van der Waals surface area contributed by atoms with Crippen LogP contribution in [0.5, 0.6) is 0 Å². The summed E-state index contributed by atoms with van der Waals surface area (Å²) < 4.78 is 7.73. The van der Waals surface area contributed by atoms with Crippen molar-refractivity contribution in [3.8, 4) is 33.6 Å². The summed E-state index contributed by atoms with van der Waals surface area (Å²) in [4.78, 5) is 14.2. The zero-order valence-corrected chi connectivity index (χ0v) is 34.2. The molecule has 0 fully saturated rings. The van der Waals surface area contributed by atoms with Gasteiger partial charge in [-0.25, -0.2) is 4.98 Å². The number of benzene rings is 4. The van der Waals surface area contributed by atoms with E-state index in [2.05, 4.69) is 121 Å². The predicted octanol–water partition coefficient (Wildman–Crippen LogP) is 12.8. The Kier molecular flexibility index (Phi) is 10.7. The van der Waals surface area contributed by atoms with Crippen molar-refractivity contribution >= 4 is 43.5 Å². The van der Waals surface area contributed by atoms with E-state index in [1.54, 1.807) is 17.5 Å². The number of hydrogen-bond donors (Lipinski definition) is 0. The average Bonchev–Trinajstić information content (AvgIpc) is 3.72. The Hall–Kier alpha value is -4.48. The van der Waals surface area contributed by atoms with E-state index in [0.717, 1.165) is 61.4 Å². The van der Waals surface area contributed by atoms with E-state index in [4.69, 9.17) is 14.4 Å². The Labute approximate surface area is 324 Å². The first-order chi connectivity index (χ1) is 24.4. The number of fused-ring (bicyclic) bond motifs is 5. The first-order valence-corrected chi connectivity index (χ1v) is 18.3. The smallest absolute Gasteiger partial charge is 0.122 e. The van der Waals surface area contributed by atoms with E-state index in [1.165, 1.54) is 32.5 Å². The molecule has 0 aliphatic rings. The van der Waals surface area contributed by atoms with Crippen LogP contribution in [0.15, 0.2) is 108 Å². The number of rotatable bonds is 4. The van der Waals surface area contributed by atoms with Gasteiger partial charge in [0, 0.05) is 43.3 Å². The van der Waals surface area contributed by atoms with Gasteiger partial charge in [-0.15, -0.1) is 65.4 Å². The zero-order chi connectivity index (χ0) is 35.9. The Morgan fingerprint density at radius 1 is 0.769 bits per heavy atom. The molecule has 0 spiro atoms. The van der Waals surface area contributed by atoms with Gasteiger partial charge in [0.25, 0.3) is 0 Å². The monoisotopic (exact) mass is 878 g/mol. The van der Waals surface area contributed by atoms with Gasteiger partial charge < -0.3 is 14.4 Å². The van der Waals surface area contributed by atoms with Crippen LogP contribution < -0.4 is 0 Å². The SMILES string of the molecule is Cc1cccc(C)c1-c1cc(-c2[c-]ccc3c2oc2ccc4nc(C(C)(C)C)sc4c23)ncc1CC(C)(C)C.[Ir].[c-]1ccccc1-c1ccccn1. The predicted molar refractivity (Wildman–Crippen MR) is 214 cm³/mol. The summed E-state index contributed by atoms with van der Waals surface area (Å²) in [6, 6.07) is 37.3. The molecule has 8 aromatic rings. The van der Waals surface area contributed by atoms with Crippen molar-refractivity contribution in [3.63, 3.8) is 0 Å². The third-order valence-corrected chi connectivity index (χ3v) is 10.5. The molecule has 0 saturated heterocycles. The number of pyridine rings is 2. The fraction of sp³-hybridized carbons (Fsp3) is 0.239. The van der Waals surface area contributed by atoms with Crippen molar-refractivity contribution in [1.29, 1.82) is 0 Å². The molecule has 0 amide bonds. The van der Waals surface area contributed by atoms with Crippen molar-refractivity contribution < 1.29 is 24.5 Å². The molecule has 265 valence electrons. The maximum Gasteiger partial charge on any atom is 0.122 e. The number of nitrogens with zero attached hydrogens (tertiary/aromatic N) is 3. The second-order valence-corrected chi connectivity index (χ2v) is 16.5. The van der Waals surface area contributed by atoms with Crippen molar-refractivity contribution in [2.75, 3.05) is 0 Å². The fourth-order valence-electron chi connectivity index (χ4n) is 6.60. The normalized spacial score (nSPS) is 11.8. The Bertz CT molecular complexity index is 2430. The topological polar surface area (TPSA) is 51.8 Å². The molecule has 0 unspecified atom stereocenters. The van der Waals surface area contributed by atoms with Gasteiger partial charge in [-0.2, -0.15) is 0 Å². The van der Waals surface area contributed by atoms with Gasteiger partial charge >= 0.3 is 0 Å². The van der Waals surface area contributed by atoms with E-state index in [9.17, 15) is 0 Å². The molecule has 4 heterocycles. The number of furan rings is 1. The standard InChI is InChI=1S/C35H35N2OS.C11H8N.Ir/c1-20-11-9-12-21(2)29(20)25-17-27(36-19-22(25)18-34(3,4)5)23-13-10-14-24-30-28(38-31(23)24)16-15-26-32(30)39-33(37-26)35(6,7)8;1-2-6-10(7-3-1)11-8-4-5-9-12-11;/h9-12,14-17,19H,18H2,1-8H3;1-6,8-9H;/q2*-1;. The van der Waals surface area contributed by atoms with Crippen LogP contribution in [0.4, 0.5) is 0 Å². The van der Waals surface area contributed by atoms with Crippen molar-refractivity contribution in [2.24, 2.45) is 5.41 Å². The van der Waals surface area contributed by atoms with Gasteiger partial charge in [0.1, 0.15) is 5.58 Å². The molecule has 8 rings (SSSR count). The number of aromatic nitrogens is 3. The largest absolute Gasteiger partial charge is 0.501 e. The van der Waals surface area contributed by atoms with Crippen molar-refractivity contribution in [1.82, 2.24) is 15.0 Å². The average molecular weight is 878 g/mol. The summed E-state index contributed by atoms with van der Waals surface area (Å²) >= 11 is 1.77. The number of aryl methyl sites for hydroxylation is 2. The second kappa shape index (κ2) is 14.9. The van der Waals surface area contributed by atoms with E-state index in [-0.39, 0.29) is 30.9 Å². The Morgan fingerprint density at radius 2 is 1.54 bits per heavy atom. The van der Waals surface area contributed by atoms with Crippen LogP contribution in [0.1, 0.15) is 63.2 Å². The maximum atomic E-state index is 6.55. The third-order valence-electron chi connectivity index (χ3n) is 8.96. The first kappa shape index (κ1) is 37.3. The summed E-state index contributed by atoms with van der Waals surface area (Å²) in [5, 5.41) is 3.35. The maximum absolute atomic E-state index is 6.55. The van der Waals surface area contributed by atoms with Crippen LogP contribution in [0, 0.1) is 31.4 Å². The minimum atomic E-state index is -0.00267. The van der Waals surface area contributed by atoms with Crippen LogP contribution in [0.2, 0.25) is 0 Å². The Morgan fingerprint density at radius 3 is 2.21 bits per heavy atom. The molecule has 1 radical (unpaired) electrons. The quantitative estimate of drug-likeness (QED) is 0.165. The van der Waals surface area contributed by atoms with Gasteiger partial charge in [-0.3, -0.25) is 0 Å². The number of hydrogen-bond acceptors (Lipinski definition) is 5. The second-order valence-electron chi connectivity index (χ2n) is 15.5. The first-order valence-electron chi connectivity index (χ1n) is 17.5. The molecule has 4 aromatic heterocycles. The van der Waals surface area contributed by atoms with Crippen molar-refractivity contribution in [3.05, 3.63) is 137 Å². The van der Waals surface area contributed by atoms with Gasteiger partial charge in [0.15, 0.2) is 0 Å². The van der Waals surface area contributed by atoms with Gasteiger partial charge in [-0.1, -0.05) is 88.9 Å². The van der Waals surface area contributed by atoms with Crippen LogP contribution in [-0.4, -0.2) is 15.0 Å². The van der Waals surface area contributed by atoms with Crippen molar-refractivity contribution in [2.45, 2.75) is 67.2 Å². The van der Waals surface area contributed by atoms with Crippen LogP contribution in [0.3, 0.4) is 0 Å². The molecule has 0 N–H and O–H groups in total. The van der Waals surface area contributed by atoms with Gasteiger partial charge in [0.2, 0.25) is 0 Å². The Balaban J connectivity index is 0.000000302. The van der Waals surface area contributed by atoms with E-state index < -0.39 is 0 Å². The molecule has 4 aromatic carbocycles. The summed E-state index contributed by atoms with van der Waals surface area (Å²) in [5.74, 6) is 0. The van der Waals surface area contributed by atoms with Crippen LogP contribution in [0.25, 0.3) is 65.8 Å². The molecular weight excluding hydrogens is 835 g/mol. The molecule has 52 heavy (non-hydrogen) atoms. The van der Waals surface area contributed by atoms with E-state index >= 15 is 0 Å². The van der Waals surface area contributed by atoms with Crippen LogP contribution >= 0.6 is 11.3 Å². The zero-order valence-electron chi connectivity index (χ0n) is 31.0. The van der Waals surface area contributed by atoms with Gasteiger partial charge in [-0.05, 0) is 83.1 Å². The van der Waals surface area contributed by atoms with E-state index in [0.29, 0.717) is 0 Å². The molecule has 0 atom stereocenters. The summed E-state index contributed by atoms with van der Waals surface area (Å²) in [5.41, 5.74) is 13.0. The molecule has 4 nitrogen and oxygen atoms in total. The van der Waals surface area contributed by atoms with E-state index in [1.807, 2.05) is 48.5 Å². The molecular formula is C46H43IrN3OS-2. The third kappa shape index (κ3) is 7.66. The van der Waals surface area contributed by atoms with Crippen LogP contribution in [-0.2, 0) is 31.9 Å². The fourth-order valence-corrected chi connectivity index (χ4v) is 7.78. The summed E-state index contributed by atoms with van der Waals surface area (Å²) in [6.07, 6.45) is 4.80.